The Morgan fingerprint density at radius 1 is 1.04 bits per heavy atom. The molecule has 9 atom stereocenters. The number of aromatic nitrogens is 1. The highest BCUT2D eigenvalue weighted by Gasteiger charge is 2.81. The highest BCUT2D eigenvalue weighted by molar-refractivity contribution is 5.89. The molecule has 0 saturated heterocycles. The molecule has 2 unspecified atom stereocenters. The third-order valence-corrected chi connectivity index (χ3v) is 12.0. The highest BCUT2D eigenvalue weighted by Crippen LogP contribution is 2.71. The van der Waals surface area contributed by atoms with Crippen molar-refractivity contribution in [3.8, 4) is 0 Å². The molecular weight excluding hydrogens is 574 g/mol. The van der Waals surface area contributed by atoms with Gasteiger partial charge in [-0.05, 0) is 81.1 Å². The number of benzene rings is 1. The van der Waals surface area contributed by atoms with Gasteiger partial charge < -0.3 is 29.9 Å². The van der Waals surface area contributed by atoms with Gasteiger partial charge in [0.05, 0.1) is 17.1 Å². The summed E-state index contributed by atoms with van der Waals surface area (Å²) < 4.78 is 12.0. The summed E-state index contributed by atoms with van der Waals surface area (Å²) in [6.45, 7) is 5.27. The third kappa shape index (κ3) is 4.70. The van der Waals surface area contributed by atoms with E-state index in [2.05, 4.69) is 11.9 Å². The molecule has 4 aliphatic rings. The largest absolute Gasteiger partial charge is 0.458 e. The Labute approximate surface area is 263 Å². The van der Waals surface area contributed by atoms with Crippen molar-refractivity contribution in [3.05, 3.63) is 83.7 Å². The minimum absolute atomic E-state index is 0.00241. The van der Waals surface area contributed by atoms with Crippen LogP contribution in [0.1, 0.15) is 81.6 Å². The SMILES string of the molecule is CC(OC(=O)c1cccnc1)[C@@]1(O)CC[C@@]2(O)[C@]1(C)C(OC(=O)/C=C/c1ccccc1)C[C@@H]1[C@@]3(C)CC[C@H](O)CC3=CC[C@]12O. The van der Waals surface area contributed by atoms with E-state index in [1.807, 2.05) is 36.4 Å². The van der Waals surface area contributed by atoms with Crippen molar-refractivity contribution >= 4 is 18.0 Å². The number of carbonyl (C=O) groups excluding carboxylic acids is 2. The van der Waals surface area contributed by atoms with Gasteiger partial charge in [-0.15, -0.1) is 0 Å². The van der Waals surface area contributed by atoms with Gasteiger partial charge in [-0.25, -0.2) is 9.59 Å². The molecule has 0 spiro atoms. The summed E-state index contributed by atoms with van der Waals surface area (Å²) in [6.07, 6.45) is 7.05. The fourth-order valence-electron chi connectivity index (χ4n) is 9.21. The lowest BCUT2D eigenvalue weighted by Crippen LogP contribution is -2.78. The first-order valence-corrected chi connectivity index (χ1v) is 15.9. The normalized spacial score (nSPS) is 39.6. The van der Waals surface area contributed by atoms with Crippen LogP contribution in [0.5, 0.6) is 0 Å². The van der Waals surface area contributed by atoms with E-state index in [9.17, 15) is 30.0 Å². The maximum atomic E-state index is 13.4. The van der Waals surface area contributed by atoms with Crippen LogP contribution in [0.4, 0.5) is 0 Å². The standard InChI is InChI=1S/C36H43NO8/c1-23(44-31(40)25-10-7-19-37-22-25)34(41)17-18-36(43)33(34,3)29(45-30(39)12-11-24-8-5-4-6-9-24)21-28-32(2)15-14-27(38)20-26(32)13-16-35(28,36)42/h4-13,19,22-23,27-29,38,41-43H,14-18,20-21H2,1-3H3/b12-11+/t23?,27-,28+,29?,32-,33+,34-,35-,36+/m0/s1. The molecule has 3 fully saturated rings. The van der Waals surface area contributed by atoms with Crippen LogP contribution >= 0.6 is 0 Å². The van der Waals surface area contributed by atoms with Crippen LogP contribution in [0, 0.1) is 16.7 Å². The van der Waals surface area contributed by atoms with Crippen LogP contribution in [0.15, 0.2) is 72.6 Å². The summed E-state index contributed by atoms with van der Waals surface area (Å²) >= 11 is 0. The maximum Gasteiger partial charge on any atom is 0.340 e. The number of nitrogens with zero attached hydrogens (tertiary/aromatic N) is 1. The molecule has 4 N–H and O–H groups in total. The minimum Gasteiger partial charge on any atom is -0.458 e. The molecule has 1 aromatic carbocycles. The average Bonchev–Trinajstić information content (AvgIpc) is 3.26. The van der Waals surface area contributed by atoms with Gasteiger partial charge in [0.2, 0.25) is 0 Å². The number of aliphatic hydroxyl groups is 4. The lowest BCUT2D eigenvalue weighted by Gasteiger charge is -2.67. The van der Waals surface area contributed by atoms with Crippen LogP contribution in [0.25, 0.3) is 6.08 Å². The zero-order chi connectivity index (χ0) is 32.3. The minimum atomic E-state index is -1.91. The van der Waals surface area contributed by atoms with Gasteiger partial charge in [-0.3, -0.25) is 4.98 Å². The fraction of sp³-hybridized carbons (Fsp3) is 0.528. The predicted octanol–water partition coefficient (Wildman–Crippen LogP) is 4.15. The highest BCUT2D eigenvalue weighted by atomic mass is 16.6. The lowest BCUT2D eigenvalue weighted by atomic mass is 9.42. The molecule has 3 saturated carbocycles. The van der Waals surface area contributed by atoms with Gasteiger partial charge >= 0.3 is 11.9 Å². The third-order valence-electron chi connectivity index (χ3n) is 12.0. The molecule has 240 valence electrons. The Bertz CT molecular complexity index is 1510. The molecule has 1 heterocycles. The number of ether oxygens (including phenoxy) is 2. The molecule has 0 radical (unpaired) electrons. The summed E-state index contributed by atoms with van der Waals surface area (Å²) in [5, 5.41) is 48.6. The van der Waals surface area contributed by atoms with Crippen molar-refractivity contribution in [1.82, 2.24) is 4.98 Å². The maximum absolute atomic E-state index is 13.4. The van der Waals surface area contributed by atoms with Gasteiger partial charge in [0.25, 0.3) is 0 Å². The van der Waals surface area contributed by atoms with E-state index < -0.39 is 63.8 Å². The summed E-state index contributed by atoms with van der Waals surface area (Å²) in [5.41, 5.74) is -5.62. The number of rotatable bonds is 6. The topological polar surface area (TPSA) is 146 Å². The molecule has 9 nitrogen and oxygen atoms in total. The van der Waals surface area contributed by atoms with Crippen LogP contribution in [-0.2, 0) is 14.3 Å². The first-order valence-electron chi connectivity index (χ1n) is 15.9. The lowest BCUT2D eigenvalue weighted by molar-refractivity contribution is -0.326. The molecule has 0 amide bonds. The monoisotopic (exact) mass is 617 g/mol. The van der Waals surface area contributed by atoms with E-state index in [0.29, 0.717) is 19.3 Å². The van der Waals surface area contributed by atoms with Gasteiger partial charge in [0.15, 0.2) is 0 Å². The number of hydrogen-bond acceptors (Lipinski definition) is 9. The molecule has 4 aliphatic carbocycles. The predicted molar refractivity (Wildman–Crippen MR) is 165 cm³/mol. The van der Waals surface area contributed by atoms with E-state index in [-0.39, 0.29) is 31.2 Å². The van der Waals surface area contributed by atoms with Crippen molar-refractivity contribution in [1.29, 1.82) is 0 Å². The molecule has 2 aromatic rings. The summed E-state index contributed by atoms with van der Waals surface area (Å²) in [6, 6.07) is 12.5. The summed E-state index contributed by atoms with van der Waals surface area (Å²) in [5.74, 6) is -1.86. The molecule has 6 rings (SSSR count). The fourth-order valence-corrected chi connectivity index (χ4v) is 9.21. The summed E-state index contributed by atoms with van der Waals surface area (Å²) in [4.78, 5) is 30.5. The van der Waals surface area contributed by atoms with E-state index in [1.165, 1.54) is 18.5 Å². The van der Waals surface area contributed by atoms with Crippen molar-refractivity contribution in [2.24, 2.45) is 16.7 Å². The molecule has 1 aromatic heterocycles. The van der Waals surface area contributed by atoms with Crippen molar-refractivity contribution in [2.75, 3.05) is 0 Å². The smallest absolute Gasteiger partial charge is 0.340 e. The van der Waals surface area contributed by atoms with E-state index in [1.54, 1.807) is 32.1 Å². The summed E-state index contributed by atoms with van der Waals surface area (Å²) in [7, 11) is 0. The molecular formula is C36H43NO8. The molecule has 0 aliphatic heterocycles. The Morgan fingerprint density at radius 3 is 2.51 bits per heavy atom. The Kier molecular flexibility index (Phi) is 7.84. The van der Waals surface area contributed by atoms with Crippen molar-refractivity contribution in [3.63, 3.8) is 0 Å². The van der Waals surface area contributed by atoms with E-state index >= 15 is 0 Å². The van der Waals surface area contributed by atoms with E-state index in [4.69, 9.17) is 9.47 Å². The second kappa shape index (κ2) is 11.2. The van der Waals surface area contributed by atoms with Crippen LogP contribution < -0.4 is 0 Å². The number of fused-ring (bicyclic) bond motifs is 5. The number of pyridine rings is 1. The van der Waals surface area contributed by atoms with Gasteiger partial charge in [-0.2, -0.15) is 0 Å². The average molecular weight is 618 g/mol. The van der Waals surface area contributed by atoms with Gasteiger partial charge in [-0.1, -0.05) is 55.8 Å². The zero-order valence-corrected chi connectivity index (χ0v) is 26.1. The Balaban J connectivity index is 1.40. The quantitative estimate of drug-likeness (QED) is 0.213. The van der Waals surface area contributed by atoms with Gasteiger partial charge in [0, 0.05) is 24.4 Å². The molecule has 45 heavy (non-hydrogen) atoms. The van der Waals surface area contributed by atoms with Crippen LogP contribution in [0.2, 0.25) is 0 Å². The number of carbonyl (C=O) groups is 2. The zero-order valence-electron chi connectivity index (χ0n) is 26.1. The number of esters is 2. The first kappa shape index (κ1) is 31.6. The number of hydrogen-bond donors (Lipinski definition) is 4. The van der Waals surface area contributed by atoms with E-state index in [0.717, 1.165) is 11.1 Å². The second-order valence-electron chi connectivity index (χ2n) is 13.9. The first-order chi connectivity index (χ1) is 21.3. The second-order valence-corrected chi connectivity index (χ2v) is 13.9. The van der Waals surface area contributed by atoms with Crippen molar-refractivity contribution < 1.29 is 39.5 Å². The van der Waals surface area contributed by atoms with Crippen molar-refractivity contribution in [2.45, 2.75) is 101 Å². The molecule has 9 heteroatoms. The van der Waals surface area contributed by atoms with Crippen LogP contribution in [-0.4, -0.2) is 72.5 Å². The molecule has 0 bridgehead atoms. The number of aliphatic hydroxyl groups excluding tert-OH is 1. The van der Waals surface area contributed by atoms with Gasteiger partial charge in [0.1, 0.15) is 29.0 Å². The Hall–Kier alpha value is -3.37. The van der Waals surface area contributed by atoms with Crippen LogP contribution in [0.3, 0.4) is 0 Å². The Morgan fingerprint density at radius 2 is 1.80 bits per heavy atom.